The molecule has 0 radical (unpaired) electrons. The average Bonchev–Trinajstić information content (AvgIpc) is 2.42. The number of rotatable bonds is 4. The molecule has 0 aromatic heterocycles. The molecule has 0 aliphatic carbocycles. The molecule has 1 unspecified atom stereocenters. The summed E-state index contributed by atoms with van der Waals surface area (Å²) in [4.78, 5) is 16.6. The molecule has 1 heterocycles. The Labute approximate surface area is 131 Å². The molecular formula is C15H23ClN4O. The molecule has 2 rings (SSSR count). The molecule has 21 heavy (non-hydrogen) atoms. The second-order valence-electron chi connectivity index (χ2n) is 5.76. The number of carbonyl (C=O) groups excluding carboxylic acids is 1. The van der Waals surface area contributed by atoms with E-state index in [0.717, 1.165) is 19.5 Å². The normalized spacial score (nSPS) is 19.7. The molecule has 1 aromatic rings. The van der Waals surface area contributed by atoms with Crippen LogP contribution in [0.15, 0.2) is 18.2 Å². The fourth-order valence-electron chi connectivity index (χ4n) is 2.68. The third kappa shape index (κ3) is 4.59. The van der Waals surface area contributed by atoms with E-state index in [-0.39, 0.29) is 5.91 Å². The average molecular weight is 311 g/mol. The Morgan fingerprint density at radius 1 is 1.57 bits per heavy atom. The van der Waals surface area contributed by atoms with Crippen molar-refractivity contribution in [2.24, 2.45) is 0 Å². The van der Waals surface area contributed by atoms with Gasteiger partial charge in [0, 0.05) is 18.3 Å². The number of amides is 1. The predicted octanol–water partition coefficient (Wildman–Crippen LogP) is 1.89. The molecule has 0 spiro atoms. The zero-order chi connectivity index (χ0) is 15.4. The van der Waals surface area contributed by atoms with Crippen molar-refractivity contribution in [3.63, 3.8) is 0 Å². The molecule has 1 aromatic carbocycles. The van der Waals surface area contributed by atoms with Crippen LogP contribution in [0.3, 0.4) is 0 Å². The van der Waals surface area contributed by atoms with E-state index in [0.29, 0.717) is 29.0 Å². The van der Waals surface area contributed by atoms with E-state index in [9.17, 15) is 4.79 Å². The summed E-state index contributed by atoms with van der Waals surface area (Å²) in [6, 6.07) is 5.49. The highest BCUT2D eigenvalue weighted by Gasteiger charge is 2.22. The van der Waals surface area contributed by atoms with Crippen LogP contribution in [0, 0.1) is 0 Å². The highest BCUT2D eigenvalue weighted by molar-refractivity contribution is 6.33. The fraction of sp³-hybridized carbons (Fsp3) is 0.533. The summed E-state index contributed by atoms with van der Waals surface area (Å²) in [6.07, 6.45) is 2.31. The first kappa shape index (κ1) is 16.1. The van der Waals surface area contributed by atoms with Crippen LogP contribution in [0.2, 0.25) is 5.02 Å². The summed E-state index contributed by atoms with van der Waals surface area (Å²) in [6.45, 7) is 2.49. The van der Waals surface area contributed by atoms with E-state index < -0.39 is 0 Å². The summed E-state index contributed by atoms with van der Waals surface area (Å²) in [7, 11) is 4.11. The summed E-state index contributed by atoms with van der Waals surface area (Å²) in [5.41, 5.74) is 6.86. The van der Waals surface area contributed by atoms with Gasteiger partial charge in [-0.2, -0.15) is 0 Å². The number of hydrogen-bond donors (Lipinski definition) is 2. The van der Waals surface area contributed by atoms with Crippen molar-refractivity contribution in [3.05, 3.63) is 23.2 Å². The maximum Gasteiger partial charge on any atom is 0.238 e. The van der Waals surface area contributed by atoms with Gasteiger partial charge in [0.05, 0.1) is 17.3 Å². The topological polar surface area (TPSA) is 61.6 Å². The van der Waals surface area contributed by atoms with Gasteiger partial charge in [0.15, 0.2) is 0 Å². The number of hydrogen-bond acceptors (Lipinski definition) is 4. The second kappa shape index (κ2) is 7.11. The van der Waals surface area contributed by atoms with Gasteiger partial charge in [-0.1, -0.05) is 11.6 Å². The zero-order valence-corrected chi connectivity index (χ0v) is 13.4. The van der Waals surface area contributed by atoms with Gasteiger partial charge in [-0.05, 0) is 51.7 Å². The van der Waals surface area contributed by atoms with Gasteiger partial charge in [-0.25, -0.2) is 0 Å². The number of nitrogens with one attached hydrogen (secondary N) is 1. The van der Waals surface area contributed by atoms with Crippen LogP contribution >= 0.6 is 11.6 Å². The Hall–Kier alpha value is -1.30. The lowest BCUT2D eigenvalue weighted by Crippen LogP contribution is -2.47. The van der Waals surface area contributed by atoms with Crippen LogP contribution in [-0.2, 0) is 4.79 Å². The van der Waals surface area contributed by atoms with Gasteiger partial charge in [0.25, 0.3) is 0 Å². The Morgan fingerprint density at radius 2 is 2.33 bits per heavy atom. The van der Waals surface area contributed by atoms with Crippen LogP contribution in [0.25, 0.3) is 0 Å². The molecule has 1 amide bonds. The fourth-order valence-corrected chi connectivity index (χ4v) is 2.85. The molecule has 1 aliphatic heterocycles. The monoisotopic (exact) mass is 310 g/mol. The Bertz CT molecular complexity index is 508. The lowest BCUT2D eigenvalue weighted by Gasteiger charge is -2.35. The third-order valence-corrected chi connectivity index (χ3v) is 4.21. The lowest BCUT2D eigenvalue weighted by molar-refractivity contribution is -0.117. The minimum absolute atomic E-state index is 0.0711. The highest BCUT2D eigenvalue weighted by Crippen LogP contribution is 2.24. The molecule has 1 aliphatic rings. The largest absolute Gasteiger partial charge is 0.399 e. The number of likely N-dealkylation sites (N-methyl/N-ethyl adjacent to an activating group) is 2. The minimum atomic E-state index is -0.0711. The van der Waals surface area contributed by atoms with Crippen LogP contribution in [0.1, 0.15) is 12.8 Å². The summed E-state index contributed by atoms with van der Waals surface area (Å²) in [5.74, 6) is -0.0711. The molecule has 5 nitrogen and oxygen atoms in total. The van der Waals surface area contributed by atoms with E-state index in [2.05, 4.69) is 22.2 Å². The van der Waals surface area contributed by atoms with Crippen molar-refractivity contribution in [2.45, 2.75) is 18.9 Å². The summed E-state index contributed by atoms with van der Waals surface area (Å²) < 4.78 is 0. The number of benzene rings is 1. The third-order valence-electron chi connectivity index (χ3n) is 3.88. The molecule has 1 saturated heterocycles. The predicted molar refractivity (Wildman–Crippen MR) is 87.6 cm³/mol. The summed E-state index contributed by atoms with van der Waals surface area (Å²) >= 11 is 6.05. The van der Waals surface area contributed by atoms with Crippen molar-refractivity contribution >= 4 is 28.9 Å². The first-order valence-electron chi connectivity index (χ1n) is 7.19. The number of likely N-dealkylation sites (tertiary alicyclic amines) is 1. The van der Waals surface area contributed by atoms with E-state index >= 15 is 0 Å². The van der Waals surface area contributed by atoms with Crippen molar-refractivity contribution in [3.8, 4) is 0 Å². The van der Waals surface area contributed by atoms with Crippen LogP contribution in [0.4, 0.5) is 11.4 Å². The molecule has 0 bridgehead atoms. The van der Waals surface area contributed by atoms with Gasteiger partial charge < -0.3 is 16.0 Å². The number of nitrogens with two attached hydrogens (primary N) is 1. The molecule has 1 fully saturated rings. The highest BCUT2D eigenvalue weighted by atomic mass is 35.5. The first-order valence-corrected chi connectivity index (χ1v) is 7.57. The quantitative estimate of drug-likeness (QED) is 0.834. The molecule has 1 atom stereocenters. The Balaban J connectivity index is 1.90. The number of nitrogen functional groups attached to an aromatic ring is 1. The van der Waals surface area contributed by atoms with Gasteiger partial charge in [-0.15, -0.1) is 0 Å². The molecule has 3 N–H and O–H groups in total. The van der Waals surface area contributed by atoms with Crippen molar-refractivity contribution in [2.75, 3.05) is 44.8 Å². The smallest absolute Gasteiger partial charge is 0.238 e. The SMILES string of the molecule is CN1CCCC(N(C)CC(=O)Nc2cc(N)ccc2Cl)C1. The number of piperidine rings is 1. The maximum absolute atomic E-state index is 12.1. The zero-order valence-electron chi connectivity index (χ0n) is 12.6. The van der Waals surface area contributed by atoms with E-state index in [1.807, 2.05) is 7.05 Å². The van der Waals surface area contributed by atoms with Crippen LogP contribution in [-0.4, -0.2) is 55.5 Å². The van der Waals surface area contributed by atoms with Crippen molar-refractivity contribution < 1.29 is 4.79 Å². The lowest BCUT2D eigenvalue weighted by atomic mass is 10.1. The molecule has 116 valence electrons. The van der Waals surface area contributed by atoms with E-state index in [4.69, 9.17) is 17.3 Å². The Kier molecular flexibility index (Phi) is 5.45. The van der Waals surface area contributed by atoms with E-state index in [1.54, 1.807) is 18.2 Å². The van der Waals surface area contributed by atoms with Crippen molar-refractivity contribution in [1.29, 1.82) is 0 Å². The Morgan fingerprint density at radius 3 is 3.05 bits per heavy atom. The van der Waals surface area contributed by atoms with Crippen LogP contribution < -0.4 is 11.1 Å². The van der Waals surface area contributed by atoms with Gasteiger partial charge in [-0.3, -0.25) is 9.69 Å². The minimum Gasteiger partial charge on any atom is -0.399 e. The molecule has 0 saturated carbocycles. The number of carbonyl (C=O) groups is 1. The van der Waals surface area contributed by atoms with Crippen molar-refractivity contribution in [1.82, 2.24) is 9.80 Å². The standard InChI is InChI=1S/C15H23ClN4O/c1-19-7-3-4-12(9-19)20(2)10-15(21)18-14-8-11(17)5-6-13(14)16/h5-6,8,12H,3-4,7,9-10,17H2,1-2H3,(H,18,21). The van der Waals surface area contributed by atoms with Gasteiger partial charge >= 0.3 is 0 Å². The number of halogens is 1. The first-order chi connectivity index (χ1) is 9.95. The molecule has 6 heteroatoms. The summed E-state index contributed by atoms with van der Waals surface area (Å²) in [5, 5.41) is 3.32. The maximum atomic E-state index is 12.1. The van der Waals surface area contributed by atoms with Gasteiger partial charge in [0.1, 0.15) is 0 Å². The van der Waals surface area contributed by atoms with Crippen LogP contribution in [0.5, 0.6) is 0 Å². The second-order valence-corrected chi connectivity index (χ2v) is 6.17. The molecular weight excluding hydrogens is 288 g/mol. The number of nitrogens with zero attached hydrogens (tertiary/aromatic N) is 2. The van der Waals surface area contributed by atoms with E-state index in [1.165, 1.54) is 6.42 Å². The van der Waals surface area contributed by atoms with Gasteiger partial charge in [0.2, 0.25) is 5.91 Å². The number of anilines is 2.